The van der Waals surface area contributed by atoms with Crippen molar-refractivity contribution >= 4 is 0 Å². The van der Waals surface area contributed by atoms with Crippen molar-refractivity contribution in [2.75, 3.05) is 6.54 Å². The molecule has 6 atom stereocenters. The minimum atomic E-state index is -0.395. The Bertz CT molecular complexity index is 753. The predicted molar refractivity (Wildman–Crippen MR) is 108 cm³/mol. The number of nitrogens with two attached hydrogens (primary N) is 1. The summed E-state index contributed by atoms with van der Waals surface area (Å²) in [6.07, 6.45) is 3.85. The Balaban J connectivity index is 0.00000192. The highest BCUT2D eigenvalue weighted by atomic mass is 35.5. The molecule has 0 heterocycles. The summed E-state index contributed by atoms with van der Waals surface area (Å²) >= 11 is 0. The van der Waals surface area contributed by atoms with E-state index in [0.717, 1.165) is 41.7 Å². The number of benzene rings is 2. The van der Waals surface area contributed by atoms with Crippen molar-refractivity contribution in [3.8, 4) is 0 Å². The number of rotatable bonds is 8. The molecule has 0 radical (unpaired) electrons. The largest absolute Gasteiger partial charge is 1.00 e. The lowest BCUT2D eigenvalue weighted by molar-refractivity contribution is -0.695. The Morgan fingerprint density at radius 1 is 0.929 bits per heavy atom. The number of hydrogen-bond acceptors (Lipinski definition) is 1. The van der Waals surface area contributed by atoms with Gasteiger partial charge in [0, 0.05) is 6.42 Å². The van der Waals surface area contributed by atoms with E-state index in [9.17, 15) is 5.11 Å². The normalized spacial score (nSPS) is 32.4. The van der Waals surface area contributed by atoms with Crippen molar-refractivity contribution in [2.45, 2.75) is 44.2 Å². The molecule has 2 nitrogen and oxygen atoms in total. The molecule has 4 bridgehead atoms. The summed E-state index contributed by atoms with van der Waals surface area (Å²) in [5, 5.41) is 13.0. The van der Waals surface area contributed by atoms with E-state index < -0.39 is 6.10 Å². The van der Waals surface area contributed by atoms with Gasteiger partial charge in [-0.3, -0.25) is 0 Å². The van der Waals surface area contributed by atoms with Crippen molar-refractivity contribution in [1.29, 1.82) is 0 Å². The third kappa shape index (κ3) is 3.51. The third-order valence-corrected chi connectivity index (χ3v) is 7.88. The van der Waals surface area contributed by atoms with Crippen LogP contribution in [0.3, 0.4) is 0 Å². The molecule has 3 heteroatoms. The zero-order chi connectivity index (χ0) is 18.4. The topological polar surface area (TPSA) is 36.8 Å². The van der Waals surface area contributed by atoms with Gasteiger partial charge in [0.25, 0.3) is 0 Å². The van der Waals surface area contributed by atoms with Crippen LogP contribution in [0.4, 0.5) is 0 Å². The molecule has 0 aliphatic heterocycles. The van der Waals surface area contributed by atoms with Gasteiger partial charge in [-0.2, -0.15) is 0 Å². The average Bonchev–Trinajstić information content (AvgIpc) is 3.08. The van der Waals surface area contributed by atoms with Crippen LogP contribution in [-0.2, 0) is 0 Å². The molecule has 6 rings (SSSR count). The molecule has 28 heavy (non-hydrogen) atoms. The van der Waals surface area contributed by atoms with E-state index in [1.165, 1.54) is 19.3 Å². The molecule has 0 spiro atoms. The van der Waals surface area contributed by atoms with Crippen molar-refractivity contribution in [2.24, 2.45) is 29.6 Å². The molecule has 2 aromatic carbocycles. The molecule has 0 aromatic heterocycles. The van der Waals surface area contributed by atoms with Gasteiger partial charge in [-0.1, -0.05) is 60.7 Å². The fraction of sp³-hybridized carbons (Fsp3) is 0.520. The minimum absolute atomic E-state index is 0. The lowest BCUT2D eigenvalue weighted by atomic mass is 9.78. The molecule has 150 valence electrons. The van der Waals surface area contributed by atoms with Crippen LogP contribution in [0.15, 0.2) is 60.7 Å². The van der Waals surface area contributed by atoms with Gasteiger partial charge >= 0.3 is 0 Å². The first-order valence-corrected chi connectivity index (χ1v) is 10.9. The number of quaternary nitrogens is 1. The molecule has 4 aliphatic carbocycles. The molecule has 4 aliphatic rings. The maximum absolute atomic E-state index is 10.6. The zero-order valence-corrected chi connectivity index (χ0v) is 17.4. The van der Waals surface area contributed by atoms with Crippen LogP contribution in [-0.4, -0.2) is 17.7 Å². The fourth-order valence-corrected chi connectivity index (χ4v) is 6.63. The summed E-state index contributed by atoms with van der Waals surface area (Å²) in [6.45, 7) is 3.24. The van der Waals surface area contributed by atoms with Crippen LogP contribution in [0.5, 0.6) is 0 Å². The number of hydrogen-bond donors (Lipinski definition) is 2. The van der Waals surface area contributed by atoms with E-state index in [2.05, 4.69) is 42.6 Å². The van der Waals surface area contributed by atoms with Crippen LogP contribution in [0.25, 0.3) is 0 Å². The Morgan fingerprint density at radius 2 is 1.50 bits per heavy atom. The predicted octanol–water partition coefficient (Wildman–Crippen LogP) is 0.752. The van der Waals surface area contributed by atoms with Crippen molar-refractivity contribution in [3.63, 3.8) is 0 Å². The highest BCUT2D eigenvalue weighted by molar-refractivity contribution is 5.27. The molecule has 0 saturated heterocycles. The Labute approximate surface area is 175 Å². The maximum atomic E-state index is 10.6. The smallest absolute Gasteiger partial charge is 0.130 e. The molecule has 3 N–H and O–H groups in total. The van der Waals surface area contributed by atoms with Gasteiger partial charge in [0.05, 0.1) is 6.54 Å². The van der Waals surface area contributed by atoms with Gasteiger partial charge in [-0.25, -0.2) is 0 Å². The Hall–Kier alpha value is -1.35. The number of halogens is 1. The first-order valence-electron chi connectivity index (χ1n) is 10.9. The van der Waals surface area contributed by atoms with Crippen molar-refractivity contribution in [3.05, 3.63) is 71.8 Å². The lowest BCUT2D eigenvalue weighted by Crippen LogP contribution is -3.00. The summed E-state index contributed by atoms with van der Waals surface area (Å²) in [5.74, 6) is 5.80. The molecular weight excluding hydrogens is 366 g/mol. The fourth-order valence-electron chi connectivity index (χ4n) is 6.63. The van der Waals surface area contributed by atoms with Gasteiger partial charge in [0.1, 0.15) is 12.1 Å². The average molecular weight is 398 g/mol. The van der Waals surface area contributed by atoms with E-state index in [4.69, 9.17) is 0 Å². The second kappa shape index (κ2) is 8.18. The van der Waals surface area contributed by atoms with Crippen LogP contribution in [0, 0.1) is 29.6 Å². The van der Waals surface area contributed by atoms with E-state index in [1.807, 2.05) is 30.3 Å². The standard InChI is InChI=1S/C25H31NO.ClH/c1-16(25(27)18-10-6-3-7-11-18)26-13-12-20(17-8-4-2-5-9-17)23-19-14-21-22(15-19)24(21)23;/h2-11,16,19-27H,12-15H2,1H3;1H. The summed E-state index contributed by atoms with van der Waals surface area (Å²) in [7, 11) is 0. The monoisotopic (exact) mass is 397 g/mol. The van der Waals surface area contributed by atoms with E-state index >= 15 is 0 Å². The second-order valence-electron chi connectivity index (χ2n) is 9.26. The first kappa shape index (κ1) is 19.9. The van der Waals surface area contributed by atoms with Crippen LogP contribution in [0.2, 0.25) is 0 Å². The molecule has 4 fully saturated rings. The van der Waals surface area contributed by atoms with Crippen LogP contribution < -0.4 is 17.7 Å². The van der Waals surface area contributed by atoms with Gasteiger partial charge in [-0.05, 0) is 66.4 Å². The summed E-state index contributed by atoms with van der Waals surface area (Å²) in [4.78, 5) is 0. The van der Waals surface area contributed by atoms with Crippen molar-refractivity contribution < 1.29 is 22.8 Å². The number of aliphatic hydroxyl groups excluding tert-OH is 1. The van der Waals surface area contributed by atoms with E-state index in [-0.39, 0.29) is 18.4 Å². The van der Waals surface area contributed by atoms with Crippen molar-refractivity contribution in [1.82, 2.24) is 0 Å². The minimum Gasteiger partial charge on any atom is -1.00 e. The van der Waals surface area contributed by atoms with Gasteiger partial charge in [0.15, 0.2) is 0 Å². The van der Waals surface area contributed by atoms with E-state index in [0.29, 0.717) is 5.92 Å². The first-order chi connectivity index (χ1) is 13.2. The van der Waals surface area contributed by atoms with Gasteiger partial charge < -0.3 is 22.8 Å². The quantitative estimate of drug-likeness (QED) is 0.677. The highest BCUT2D eigenvalue weighted by Crippen LogP contribution is 2.75. The third-order valence-electron chi connectivity index (χ3n) is 7.88. The summed E-state index contributed by atoms with van der Waals surface area (Å²) < 4.78 is 0. The van der Waals surface area contributed by atoms with Crippen LogP contribution >= 0.6 is 0 Å². The van der Waals surface area contributed by atoms with Gasteiger partial charge in [0.2, 0.25) is 0 Å². The molecule has 4 saturated carbocycles. The SMILES string of the molecule is CC([NH2+]CCC(c1ccccc1)C1C2CC3C(C2)C31)C(O)c1ccccc1.[Cl-]. The molecule has 2 aromatic rings. The van der Waals surface area contributed by atoms with E-state index in [1.54, 1.807) is 5.56 Å². The summed E-state index contributed by atoms with van der Waals surface area (Å²) in [6, 6.07) is 21.5. The van der Waals surface area contributed by atoms with Crippen LogP contribution in [0.1, 0.15) is 49.3 Å². The van der Waals surface area contributed by atoms with Gasteiger partial charge in [-0.15, -0.1) is 0 Å². The second-order valence-corrected chi connectivity index (χ2v) is 9.26. The Morgan fingerprint density at radius 3 is 2.04 bits per heavy atom. The molecule has 6 unspecified atom stereocenters. The maximum Gasteiger partial charge on any atom is 0.130 e. The zero-order valence-electron chi connectivity index (χ0n) is 16.6. The Kier molecular flexibility index (Phi) is 5.83. The molecule has 0 amide bonds. The lowest BCUT2D eigenvalue weighted by Gasteiger charge is -2.27. The summed E-state index contributed by atoms with van der Waals surface area (Å²) in [5.41, 5.74) is 2.57. The molecular formula is C25H32ClNO. The number of aliphatic hydroxyl groups is 1. The highest BCUT2D eigenvalue weighted by Gasteiger charge is 2.69.